The van der Waals surface area contributed by atoms with Crippen molar-refractivity contribution in [2.75, 3.05) is 0 Å². The van der Waals surface area contributed by atoms with Crippen LogP contribution in [0.5, 0.6) is 0 Å². The smallest absolute Gasteiger partial charge is 0.435 e. The second-order valence-electron chi connectivity index (χ2n) is 5.74. The fourth-order valence-corrected chi connectivity index (χ4v) is 1.98. The van der Waals surface area contributed by atoms with Gasteiger partial charge in [-0.2, -0.15) is 10.3 Å². The Morgan fingerprint density at radius 2 is 2.29 bits per heavy atom. The first-order valence-corrected chi connectivity index (χ1v) is 6.52. The van der Waals surface area contributed by atoms with E-state index in [1.165, 1.54) is 12.4 Å². The predicted molar refractivity (Wildman–Crippen MR) is 71.5 cm³/mol. The van der Waals surface area contributed by atoms with Crippen molar-refractivity contribution < 1.29 is 19.5 Å². The lowest BCUT2D eigenvalue weighted by molar-refractivity contribution is -0.207. The van der Waals surface area contributed by atoms with Crippen molar-refractivity contribution in [1.82, 2.24) is 10.0 Å². The molecule has 1 aliphatic heterocycles. The number of carbonyl (C=O) groups excluding carboxylic acids is 1. The first kappa shape index (κ1) is 15.2. The van der Waals surface area contributed by atoms with E-state index in [0.29, 0.717) is 11.1 Å². The molecule has 2 atom stereocenters. The number of pyridine rings is 1. The highest BCUT2D eigenvalue weighted by Gasteiger charge is 2.39. The highest BCUT2D eigenvalue weighted by molar-refractivity contribution is 5.68. The Hall–Kier alpha value is -2.17. The van der Waals surface area contributed by atoms with E-state index in [4.69, 9.17) is 14.8 Å². The Morgan fingerprint density at radius 3 is 2.90 bits per heavy atom. The summed E-state index contributed by atoms with van der Waals surface area (Å²) < 4.78 is 5.24. The van der Waals surface area contributed by atoms with E-state index in [9.17, 15) is 9.90 Å². The van der Waals surface area contributed by atoms with Crippen LogP contribution in [0.4, 0.5) is 4.79 Å². The van der Waals surface area contributed by atoms with Gasteiger partial charge in [0.1, 0.15) is 11.7 Å². The molecular weight excluding hydrogens is 274 g/mol. The molecule has 1 amide bonds. The van der Waals surface area contributed by atoms with Crippen LogP contribution in [0.3, 0.4) is 0 Å². The molecule has 112 valence electrons. The van der Waals surface area contributed by atoms with Gasteiger partial charge < -0.3 is 9.84 Å². The fraction of sp³-hybridized carbons (Fsp3) is 0.500. The van der Waals surface area contributed by atoms with Gasteiger partial charge in [0.05, 0.1) is 11.6 Å². The maximum atomic E-state index is 12.1. The number of hydroxylamine groups is 2. The summed E-state index contributed by atoms with van der Waals surface area (Å²) in [5.74, 6) is 0. The van der Waals surface area contributed by atoms with Gasteiger partial charge in [-0.1, -0.05) is 0 Å². The van der Waals surface area contributed by atoms with Gasteiger partial charge in [0.25, 0.3) is 0 Å². The van der Waals surface area contributed by atoms with E-state index in [2.05, 4.69) is 4.98 Å². The van der Waals surface area contributed by atoms with Crippen molar-refractivity contribution >= 4 is 6.09 Å². The molecule has 1 unspecified atom stereocenters. The summed E-state index contributed by atoms with van der Waals surface area (Å²) in [5.41, 5.74) is 0.306. The molecule has 1 saturated heterocycles. The van der Waals surface area contributed by atoms with Crippen LogP contribution in [0, 0.1) is 11.3 Å². The lowest BCUT2D eigenvalue weighted by atomic mass is 10.0. The van der Waals surface area contributed by atoms with E-state index in [1.807, 2.05) is 6.07 Å². The van der Waals surface area contributed by atoms with Crippen LogP contribution >= 0.6 is 0 Å². The summed E-state index contributed by atoms with van der Waals surface area (Å²) in [7, 11) is 0. The third kappa shape index (κ3) is 3.68. The van der Waals surface area contributed by atoms with Crippen molar-refractivity contribution in [2.24, 2.45) is 0 Å². The molecule has 0 spiro atoms. The zero-order valence-electron chi connectivity index (χ0n) is 12.1. The molecule has 1 fully saturated rings. The lowest BCUT2D eigenvalue weighted by Crippen LogP contribution is -2.36. The van der Waals surface area contributed by atoms with Gasteiger partial charge in [-0.3, -0.25) is 4.98 Å². The molecule has 21 heavy (non-hydrogen) atoms. The average molecular weight is 291 g/mol. The van der Waals surface area contributed by atoms with Crippen molar-refractivity contribution in [3.63, 3.8) is 0 Å². The monoisotopic (exact) mass is 291 g/mol. The molecule has 0 saturated carbocycles. The number of ether oxygens (including phenoxy) is 1. The molecule has 0 aliphatic carbocycles. The minimum absolute atomic E-state index is 0.190. The Balaban J connectivity index is 2.24. The third-order valence-electron chi connectivity index (χ3n) is 2.79. The Kier molecular flexibility index (Phi) is 4.11. The molecule has 2 heterocycles. The quantitative estimate of drug-likeness (QED) is 0.848. The maximum Gasteiger partial charge on any atom is 0.435 e. The summed E-state index contributed by atoms with van der Waals surface area (Å²) >= 11 is 0. The molecule has 1 aliphatic rings. The Bertz CT molecular complexity index is 576. The largest absolute Gasteiger partial charge is 0.442 e. The highest BCUT2D eigenvalue weighted by Crippen LogP contribution is 2.34. The van der Waals surface area contributed by atoms with Gasteiger partial charge in [-0.25, -0.2) is 9.63 Å². The van der Waals surface area contributed by atoms with E-state index >= 15 is 0 Å². The second kappa shape index (κ2) is 5.68. The number of rotatable bonds is 1. The van der Waals surface area contributed by atoms with E-state index < -0.39 is 24.0 Å². The van der Waals surface area contributed by atoms with Crippen molar-refractivity contribution in [3.8, 4) is 6.07 Å². The second-order valence-corrected chi connectivity index (χ2v) is 5.74. The van der Waals surface area contributed by atoms with E-state index in [-0.39, 0.29) is 6.42 Å². The highest BCUT2D eigenvalue weighted by atomic mass is 16.8. The van der Waals surface area contributed by atoms with Gasteiger partial charge in [0, 0.05) is 18.8 Å². The van der Waals surface area contributed by atoms with Crippen molar-refractivity contribution in [3.05, 3.63) is 29.6 Å². The molecule has 7 nitrogen and oxygen atoms in total. The minimum Gasteiger partial charge on any atom is -0.442 e. The SMILES string of the molecule is CC(C)(C)OC(=O)N1OC(O)C[C@H]1c1cncc(C#N)c1. The topological polar surface area (TPSA) is 95.7 Å². The summed E-state index contributed by atoms with van der Waals surface area (Å²) in [6.45, 7) is 5.22. The molecule has 0 aromatic carbocycles. The first-order valence-electron chi connectivity index (χ1n) is 6.52. The number of nitrogens with zero attached hydrogens (tertiary/aromatic N) is 3. The number of amides is 1. The zero-order chi connectivity index (χ0) is 15.6. The van der Waals surface area contributed by atoms with Crippen LogP contribution in [0.2, 0.25) is 0 Å². The summed E-state index contributed by atoms with van der Waals surface area (Å²) in [5, 5.41) is 19.6. The molecular formula is C14H17N3O4. The number of carbonyl (C=O) groups is 1. The van der Waals surface area contributed by atoms with Gasteiger partial charge in [-0.15, -0.1) is 0 Å². The van der Waals surface area contributed by atoms with Gasteiger partial charge in [-0.05, 0) is 32.4 Å². The Morgan fingerprint density at radius 1 is 1.57 bits per heavy atom. The Labute approximate surface area is 122 Å². The molecule has 1 N–H and O–H groups in total. The molecule has 7 heteroatoms. The van der Waals surface area contributed by atoms with Crippen LogP contribution in [0.15, 0.2) is 18.5 Å². The first-order chi connectivity index (χ1) is 9.80. The summed E-state index contributed by atoms with van der Waals surface area (Å²) in [4.78, 5) is 21.2. The molecule has 0 radical (unpaired) electrons. The van der Waals surface area contributed by atoms with E-state index in [0.717, 1.165) is 5.06 Å². The van der Waals surface area contributed by atoms with Crippen LogP contribution in [-0.4, -0.2) is 33.1 Å². The fourth-order valence-electron chi connectivity index (χ4n) is 1.98. The van der Waals surface area contributed by atoms with Crippen LogP contribution in [0.1, 0.15) is 44.4 Å². The number of aliphatic hydroxyl groups is 1. The van der Waals surface area contributed by atoms with Gasteiger partial charge in [0.2, 0.25) is 0 Å². The van der Waals surface area contributed by atoms with Crippen LogP contribution in [-0.2, 0) is 9.57 Å². The molecule has 1 aromatic rings. The molecule has 0 bridgehead atoms. The number of hydrogen-bond acceptors (Lipinski definition) is 6. The number of aromatic nitrogens is 1. The summed E-state index contributed by atoms with van der Waals surface area (Å²) in [6, 6.07) is 3.05. The standard InChI is InChI=1S/C14H17N3O4/c1-14(2,3)20-13(19)17-11(5-12(18)21-17)10-4-9(6-15)7-16-8-10/h4,7-8,11-12,18H,5H2,1-3H3/t11-,12?/m0/s1. The average Bonchev–Trinajstić information content (AvgIpc) is 2.79. The number of aliphatic hydroxyl groups excluding tert-OH is 1. The van der Waals surface area contributed by atoms with Crippen molar-refractivity contribution in [2.45, 2.75) is 45.1 Å². The zero-order valence-corrected chi connectivity index (χ0v) is 12.1. The van der Waals surface area contributed by atoms with Crippen molar-refractivity contribution in [1.29, 1.82) is 5.26 Å². The van der Waals surface area contributed by atoms with Gasteiger partial charge in [0.15, 0.2) is 6.29 Å². The minimum atomic E-state index is -1.10. The third-order valence-corrected chi connectivity index (χ3v) is 2.79. The lowest BCUT2D eigenvalue weighted by Gasteiger charge is -2.26. The van der Waals surface area contributed by atoms with Crippen LogP contribution in [0.25, 0.3) is 0 Å². The number of nitriles is 1. The normalized spacial score (nSPS) is 22.0. The van der Waals surface area contributed by atoms with E-state index in [1.54, 1.807) is 26.8 Å². The summed E-state index contributed by atoms with van der Waals surface area (Å²) in [6.07, 6.45) is 1.35. The molecule has 2 rings (SSSR count). The maximum absolute atomic E-state index is 12.1. The van der Waals surface area contributed by atoms with Crippen LogP contribution < -0.4 is 0 Å². The number of hydrogen-bond donors (Lipinski definition) is 1. The molecule has 1 aromatic heterocycles. The predicted octanol–water partition coefficient (Wildman–Crippen LogP) is 1.89. The van der Waals surface area contributed by atoms with Gasteiger partial charge >= 0.3 is 6.09 Å².